The highest BCUT2D eigenvalue weighted by Crippen LogP contribution is 2.26. The molecule has 0 radical (unpaired) electrons. The number of para-hydroxylation sites is 1. The van der Waals surface area contributed by atoms with Crippen molar-refractivity contribution in [1.29, 1.82) is 0 Å². The zero-order valence-electron chi connectivity index (χ0n) is 16.3. The third kappa shape index (κ3) is 4.86. The fourth-order valence-corrected chi connectivity index (χ4v) is 3.67. The van der Waals surface area contributed by atoms with Gasteiger partial charge in [0, 0.05) is 28.6 Å². The molecule has 0 aliphatic carbocycles. The first-order chi connectivity index (χ1) is 14.6. The number of esters is 1. The number of halogens is 1. The number of hydrogen-bond acceptors (Lipinski definition) is 5. The summed E-state index contributed by atoms with van der Waals surface area (Å²) < 4.78 is 11.7. The van der Waals surface area contributed by atoms with E-state index in [4.69, 9.17) is 9.47 Å². The van der Waals surface area contributed by atoms with E-state index in [1.807, 2.05) is 48.5 Å². The molecule has 0 bridgehead atoms. The van der Waals surface area contributed by atoms with Crippen LogP contribution in [0.15, 0.2) is 59.1 Å². The van der Waals surface area contributed by atoms with Crippen LogP contribution in [-0.4, -0.2) is 42.7 Å². The first-order valence-corrected chi connectivity index (χ1v) is 10.6. The Morgan fingerprint density at radius 3 is 2.73 bits per heavy atom. The number of nitrogens with one attached hydrogen (secondary N) is 1. The Hall–Kier alpha value is -2.77. The Labute approximate surface area is 182 Å². The SMILES string of the molecule is O=C(COC(=O)c1cc(-c2ccc(Br)cc2)nc2ccccc12)NC[C@@H]1CCCO1. The molecule has 6 nitrogen and oxygen atoms in total. The molecule has 0 unspecified atom stereocenters. The van der Waals surface area contributed by atoms with Crippen LogP contribution in [0.3, 0.4) is 0 Å². The molecule has 1 aliphatic heterocycles. The molecule has 30 heavy (non-hydrogen) atoms. The molecule has 1 N–H and O–H groups in total. The molecule has 3 aromatic rings. The Bertz CT molecular complexity index is 1060. The first kappa shape index (κ1) is 20.5. The van der Waals surface area contributed by atoms with Gasteiger partial charge in [0.15, 0.2) is 6.61 Å². The van der Waals surface area contributed by atoms with Gasteiger partial charge in [0.1, 0.15) is 0 Å². The largest absolute Gasteiger partial charge is 0.452 e. The van der Waals surface area contributed by atoms with Crippen molar-refractivity contribution in [1.82, 2.24) is 10.3 Å². The van der Waals surface area contributed by atoms with E-state index in [9.17, 15) is 9.59 Å². The van der Waals surface area contributed by atoms with Gasteiger partial charge in [-0.3, -0.25) is 4.79 Å². The summed E-state index contributed by atoms with van der Waals surface area (Å²) >= 11 is 3.42. The minimum atomic E-state index is -0.556. The van der Waals surface area contributed by atoms with Crippen LogP contribution in [0.25, 0.3) is 22.2 Å². The molecule has 2 aromatic carbocycles. The summed E-state index contributed by atoms with van der Waals surface area (Å²) in [7, 11) is 0. The average Bonchev–Trinajstić information content (AvgIpc) is 3.29. The number of hydrogen-bond donors (Lipinski definition) is 1. The number of amides is 1. The van der Waals surface area contributed by atoms with Gasteiger partial charge in [-0.1, -0.05) is 46.3 Å². The average molecular weight is 469 g/mol. The van der Waals surface area contributed by atoms with Crippen LogP contribution in [0.2, 0.25) is 0 Å². The number of carbonyl (C=O) groups excluding carboxylic acids is 2. The van der Waals surface area contributed by atoms with Crippen LogP contribution in [-0.2, 0) is 14.3 Å². The van der Waals surface area contributed by atoms with Crippen LogP contribution in [0.1, 0.15) is 23.2 Å². The Balaban J connectivity index is 1.50. The number of pyridine rings is 1. The summed E-state index contributed by atoms with van der Waals surface area (Å²) in [6.45, 7) is 0.823. The summed E-state index contributed by atoms with van der Waals surface area (Å²) in [5.74, 6) is -0.899. The minimum Gasteiger partial charge on any atom is -0.452 e. The molecule has 0 spiro atoms. The molecule has 7 heteroatoms. The van der Waals surface area contributed by atoms with Crippen LogP contribution in [0.4, 0.5) is 0 Å². The number of carbonyl (C=O) groups is 2. The van der Waals surface area contributed by atoms with Gasteiger partial charge in [0.05, 0.1) is 22.9 Å². The fraction of sp³-hybridized carbons (Fsp3) is 0.261. The van der Waals surface area contributed by atoms with Crippen molar-refractivity contribution in [3.63, 3.8) is 0 Å². The standard InChI is InChI=1S/C23H21BrN2O4/c24-16-9-7-15(8-10-16)21-12-19(18-5-1-2-6-20(18)26-21)23(28)30-14-22(27)25-13-17-4-3-11-29-17/h1-2,5-10,12,17H,3-4,11,13-14H2,(H,25,27)/t17-/m0/s1. The van der Waals surface area contributed by atoms with Gasteiger partial charge in [-0.15, -0.1) is 0 Å². The van der Waals surface area contributed by atoms with Crippen LogP contribution < -0.4 is 5.32 Å². The maximum Gasteiger partial charge on any atom is 0.339 e. The lowest BCUT2D eigenvalue weighted by Gasteiger charge is -2.12. The second-order valence-corrected chi connectivity index (χ2v) is 8.01. The van der Waals surface area contributed by atoms with Crippen molar-refractivity contribution in [3.8, 4) is 11.3 Å². The van der Waals surface area contributed by atoms with Gasteiger partial charge in [-0.2, -0.15) is 0 Å². The highest BCUT2D eigenvalue weighted by atomic mass is 79.9. The number of aromatic nitrogens is 1. The molecule has 0 saturated carbocycles. The smallest absolute Gasteiger partial charge is 0.339 e. The lowest BCUT2D eigenvalue weighted by Crippen LogP contribution is -2.34. The number of ether oxygens (including phenoxy) is 2. The summed E-state index contributed by atoms with van der Waals surface area (Å²) in [4.78, 5) is 29.5. The Morgan fingerprint density at radius 1 is 1.17 bits per heavy atom. The van der Waals surface area contributed by atoms with Gasteiger partial charge in [0.25, 0.3) is 5.91 Å². The van der Waals surface area contributed by atoms with E-state index >= 15 is 0 Å². The topological polar surface area (TPSA) is 77.5 Å². The maximum atomic E-state index is 12.8. The Kier molecular flexibility index (Phi) is 6.40. The third-order valence-electron chi connectivity index (χ3n) is 4.96. The van der Waals surface area contributed by atoms with E-state index in [-0.39, 0.29) is 18.6 Å². The van der Waals surface area contributed by atoms with Crippen LogP contribution >= 0.6 is 15.9 Å². The van der Waals surface area contributed by atoms with Gasteiger partial charge >= 0.3 is 5.97 Å². The Morgan fingerprint density at radius 2 is 1.97 bits per heavy atom. The summed E-state index contributed by atoms with van der Waals surface area (Å²) in [6.07, 6.45) is 1.98. The van der Waals surface area contributed by atoms with Crippen molar-refractivity contribution in [3.05, 3.63) is 64.6 Å². The maximum absolute atomic E-state index is 12.8. The van der Waals surface area contributed by atoms with E-state index in [0.717, 1.165) is 29.5 Å². The molecule has 1 aromatic heterocycles. The second kappa shape index (κ2) is 9.36. The quantitative estimate of drug-likeness (QED) is 0.550. The van der Waals surface area contributed by atoms with Crippen molar-refractivity contribution in [2.45, 2.75) is 18.9 Å². The predicted octanol–water partition coefficient (Wildman–Crippen LogP) is 4.12. The highest BCUT2D eigenvalue weighted by molar-refractivity contribution is 9.10. The third-order valence-corrected chi connectivity index (χ3v) is 5.49. The van der Waals surface area contributed by atoms with E-state index in [1.54, 1.807) is 6.07 Å². The van der Waals surface area contributed by atoms with Crippen LogP contribution in [0, 0.1) is 0 Å². The monoisotopic (exact) mass is 468 g/mol. The minimum absolute atomic E-state index is 0.0438. The fourth-order valence-electron chi connectivity index (χ4n) is 3.41. The number of rotatable bonds is 6. The number of nitrogens with zero attached hydrogens (tertiary/aromatic N) is 1. The molecule has 1 saturated heterocycles. The summed E-state index contributed by atoms with van der Waals surface area (Å²) in [5, 5.41) is 3.44. The number of benzene rings is 2. The molecule has 2 heterocycles. The van der Waals surface area contributed by atoms with Crippen molar-refractivity contribution in [2.75, 3.05) is 19.8 Å². The molecule has 154 valence electrons. The lowest BCUT2D eigenvalue weighted by molar-refractivity contribution is -0.124. The molecular formula is C23H21BrN2O4. The first-order valence-electron chi connectivity index (χ1n) is 9.81. The molecule has 4 rings (SSSR count). The van der Waals surface area contributed by atoms with E-state index in [2.05, 4.69) is 26.2 Å². The predicted molar refractivity (Wildman–Crippen MR) is 117 cm³/mol. The number of fused-ring (bicyclic) bond motifs is 1. The van der Waals surface area contributed by atoms with Gasteiger partial charge in [-0.05, 0) is 37.1 Å². The van der Waals surface area contributed by atoms with Crippen molar-refractivity contribution < 1.29 is 19.1 Å². The van der Waals surface area contributed by atoms with E-state index in [0.29, 0.717) is 28.7 Å². The van der Waals surface area contributed by atoms with E-state index < -0.39 is 5.97 Å². The lowest BCUT2D eigenvalue weighted by atomic mass is 10.0. The summed E-state index contributed by atoms with van der Waals surface area (Å²) in [5.41, 5.74) is 2.61. The molecule has 1 atom stereocenters. The molecule has 1 fully saturated rings. The van der Waals surface area contributed by atoms with Crippen molar-refractivity contribution >= 4 is 38.7 Å². The van der Waals surface area contributed by atoms with Crippen molar-refractivity contribution in [2.24, 2.45) is 0 Å². The van der Waals surface area contributed by atoms with Gasteiger partial charge in [0.2, 0.25) is 0 Å². The summed E-state index contributed by atoms with van der Waals surface area (Å²) in [6, 6.07) is 16.8. The van der Waals surface area contributed by atoms with Gasteiger partial charge in [-0.25, -0.2) is 9.78 Å². The van der Waals surface area contributed by atoms with Crippen LogP contribution in [0.5, 0.6) is 0 Å². The normalized spacial score (nSPS) is 15.8. The zero-order valence-corrected chi connectivity index (χ0v) is 17.9. The highest BCUT2D eigenvalue weighted by Gasteiger charge is 2.19. The molecular weight excluding hydrogens is 448 g/mol. The second-order valence-electron chi connectivity index (χ2n) is 7.09. The molecule has 1 aliphatic rings. The molecule has 1 amide bonds. The van der Waals surface area contributed by atoms with Gasteiger partial charge < -0.3 is 14.8 Å². The van der Waals surface area contributed by atoms with E-state index in [1.165, 1.54) is 0 Å². The zero-order chi connectivity index (χ0) is 20.9.